The van der Waals surface area contributed by atoms with Crippen LogP contribution in [0, 0.1) is 5.92 Å². The lowest BCUT2D eigenvalue weighted by molar-refractivity contribution is -0.123. The number of carbonyl (C=O) groups is 3. The first-order valence-corrected chi connectivity index (χ1v) is 9.56. The van der Waals surface area contributed by atoms with E-state index in [0.29, 0.717) is 30.4 Å². The lowest BCUT2D eigenvalue weighted by atomic mass is 9.92. The van der Waals surface area contributed by atoms with E-state index in [-0.39, 0.29) is 35.7 Å². The highest BCUT2D eigenvalue weighted by Gasteiger charge is 2.30. The summed E-state index contributed by atoms with van der Waals surface area (Å²) in [7, 11) is 0. The number of ketones is 1. The highest BCUT2D eigenvalue weighted by atomic mass is 79.9. The maximum Gasteiger partial charge on any atom is 0.410 e. The summed E-state index contributed by atoms with van der Waals surface area (Å²) >= 11 is 3.24. The van der Waals surface area contributed by atoms with Gasteiger partial charge in [0.25, 0.3) is 5.91 Å². The van der Waals surface area contributed by atoms with E-state index in [1.54, 1.807) is 11.0 Å². The first-order valence-electron chi connectivity index (χ1n) is 8.76. The fourth-order valence-corrected chi connectivity index (χ4v) is 3.08. The monoisotopic (exact) mass is 440 g/mol. The van der Waals surface area contributed by atoms with Crippen LogP contribution in [0.25, 0.3) is 0 Å². The van der Waals surface area contributed by atoms with Gasteiger partial charge >= 0.3 is 6.09 Å². The summed E-state index contributed by atoms with van der Waals surface area (Å²) in [5, 5.41) is 2.59. The van der Waals surface area contributed by atoms with Crippen molar-refractivity contribution in [2.45, 2.75) is 39.2 Å². The molecule has 0 aliphatic carbocycles. The second-order valence-electron chi connectivity index (χ2n) is 7.48. The number of aromatic nitrogens is 1. The average molecular weight is 441 g/mol. The molecule has 1 saturated heterocycles. The normalized spacial score (nSPS) is 15.3. The van der Waals surface area contributed by atoms with Crippen molar-refractivity contribution in [1.29, 1.82) is 0 Å². The van der Waals surface area contributed by atoms with Gasteiger partial charge < -0.3 is 20.7 Å². The summed E-state index contributed by atoms with van der Waals surface area (Å²) in [5.41, 5.74) is 5.37. The Morgan fingerprint density at radius 3 is 2.56 bits per heavy atom. The van der Waals surface area contributed by atoms with Crippen molar-refractivity contribution >= 4 is 39.5 Å². The molecule has 0 unspecified atom stereocenters. The van der Waals surface area contributed by atoms with Crippen LogP contribution in [0.15, 0.2) is 16.7 Å². The Kier molecular flexibility index (Phi) is 6.80. The molecular formula is C18H25BrN4O4. The molecule has 0 saturated carbocycles. The first-order chi connectivity index (χ1) is 12.6. The molecule has 2 heterocycles. The zero-order valence-electron chi connectivity index (χ0n) is 15.8. The van der Waals surface area contributed by atoms with Crippen LogP contribution in [0.4, 0.5) is 10.6 Å². The summed E-state index contributed by atoms with van der Waals surface area (Å²) in [5.74, 6) is -0.592. The van der Waals surface area contributed by atoms with Gasteiger partial charge in [-0.1, -0.05) is 0 Å². The van der Waals surface area contributed by atoms with Crippen molar-refractivity contribution in [2.75, 3.05) is 25.4 Å². The molecule has 1 fully saturated rings. The molecule has 9 heteroatoms. The minimum absolute atomic E-state index is 0.0614. The third kappa shape index (κ3) is 6.20. The van der Waals surface area contributed by atoms with Gasteiger partial charge in [-0.25, -0.2) is 9.78 Å². The van der Waals surface area contributed by atoms with Crippen LogP contribution in [0.1, 0.15) is 44.0 Å². The van der Waals surface area contributed by atoms with Gasteiger partial charge in [0.15, 0.2) is 5.78 Å². The summed E-state index contributed by atoms with van der Waals surface area (Å²) in [4.78, 5) is 42.2. The molecule has 27 heavy (non-hydrogen) atoms. The molecule has 1 aromatic rings. The Morgan fingerprint density at radius 1 is 1.33 bits per heavy atom. The minimum atomic E-state index is -0.544. The van der Waals surface area contributed by atoms with E-state index in [2.05, 4.69) is 26.2 Å². The third-order valence-electron chi connectivity index (χ3n) is 4.15. The Hall–Kier alpha value is -2.16. The Balaban J connectivity index is 1.82. The van der Waals surface area contributed by atoms with Crippen LogP contribution in [0.5, 0.6) is 0 Å². The van der Waals surface area contributed by atoms with E-state index in [9.17, 15) is 14.4 Å². The van der Waals surface area contributed by atoms with E-state index in [0.717, 1.165) is 0 Å². The number of ether oxygens (including phenoxy) is 1. The highest BCUT2D eigenvalue weighted by molar-refractivity contribution is 9.10. The molecule has 0 bridgehead atoms. The quantitative estimate of drug-likeness (QED) is 0.742. The first kappa shape index (κ1) is 21.1. The number of nitrogen functional groups attached to an aromatic ring is 1. The molecule has 2 amide bonds. The molecular weight excluding hydrogens is 416 g/mol. The largest absolute Gasteiger partial charge is 0.444 e. The predicted molar refractivity (Wildman–Crippen MR) is 104 cm³/mol. The van der Waals surface area contributed by atoms with Gasteiger partial charge in [-0.3, -0.25) is 9.59 Å². The van der Waals surface area contributed by atoms with E-state index >= 15 is 0 Å². The Bertz CT molecular complexity index is 725. The van der Waals surface area contributed by atoms with E-state index in [4.69, 9.17) is 10.5 Å². The van der Waals surface area contributed by atoms with Crippen molar-refractivity contribution in [3.05, 3.63) is 22.3 Å². The highest BCUT2D eigenvalue weighted by Crippen LogP contribution is 2.20. The molecule has 8 nitrogen and oxygen atoms in total. The lowest BCUT2D eigenvalue weighted by Crippen LogP contribution is -2.44. The summed E-state index contributed by atoms with van der Waals surface area (Å²) in [6, 6.07) is 1.56. The number of Topliss-reactive ketones (excluding diaryl/α,β-unsaturated/α-hetero) is 1. The number of anilines is 1. The fraction of sp³-hybridized carbons (Fsp3) is 0.556. The van der Waals surface area contributed by atoms with Crippen molar-refractivity contribution in [3.8, 4) is 0 Å². The van der Waals surface area contributed by atoms with Gasteiger partial charge in [0, 0.05) is 29.7 Å². The smallest absolute Gasteiger partial charge is 0.410 e. The maximum absolute atomic E-state index is 12.4. The van der Waals surface area contributed by atoms with Crippen LogP contribution < -0.4 is 11.1 Å². The molecule has 1 aliphatic heterocycles. The van der Waals surface area contributed by atoms with Crippen molar-refractivity contribution in [3.63, 3.8) is 0 Å². The van der Waals surface area contributed by atoms with E-state index in [1.165, 1.54) is 6.20 Å². The number of carbonyl (C=O) groups excluding carboxylic acids is 3. The standard InChI is InChI=1S/C18H25BrN4O4/c1-18(2,3)27-17(26)23-6-4-11(5-7-23)14(24)10-22-16(25)13-8-12(19)9-21-15(13)20/h8-9,11H,4-7,10H2,1-3H3,(H2,20,21)(H,22,25). The van der Waals surface area contributed by atoms with Gasteiger partial charge in [-0.15, -0.1) is 0 Å². The zero-order chi connectivity index (χ0) is 20.2. The van der Waals surface area contributed by atoms with E-state index < -0.39 is 11.5 Å². The van der Waals surface area contributed by atoms with Gasteiger partial charge in [-0.05, 0) is 55.6 Å². The second kappa shape index (κ2) is 8.69. The Labute approximate surface area is 167 Å². The topological polar surface area (TPSA) is 115 Å². The SMILES string of the molecule is CC(C)(C)OC(=O)N1CCC(C(=O)CNC(=O)c2cc(Br)cnc2N)CC1. The lowest BCUT2D eigenvalue weighted by Gasteiger charge is -2.32. The molecule has 0 radical (unpaired) electrons. The molecule has 3 N–H and O–H groups in total. The molecule has 0 spiro atoms. The summed E-state index contributed by atoms with van der Waals surface area (Å²) < 4.78 is 5.97. The molecule has 0 atom stereocenters. The van der Waals surface area contributed by atoms with Crippen LogP contribution >= 0.6 is 15.9 Å². The fourth-order valence-electron chi connectivity index (χ4n) is 2.75. The molecule has 2 rings (SSSR count). The number of hydrogen-bond acceptors (Lipinski definition) is 6. The number of nitrogens with two attached hydrogens (primary N) is 1. The number of halogens is 1. The minimum Gasteiger partial charge on any atom is -0.444 e. The Morgan fingerprint density at radius 2 is 1.96 bits per heavy atom. The molecule has 1 aromatic heterocycles. The number of pyridine rings is 1. The second-order valence-corrected chi connectivity index (χ2v) is 8.39. The predicted octanol–water partition coefficient (Wildman–Crippen LogP) is 2.37. The number of nitrogens with one attached hydrogen (secondary N) is 1. The average Bonchev–Trinajstić information content (AvgIpc) is 2.60. The maximum atomic E-state index is 12.4. The van der Waals surface area contributed by atoms with Crippen LogP contribution in [-0.4, -0.2) is 52.9 Å². The van der Waals surface area contributed by atoms with Crippen LogP contribution in [-0.2, 0) is 9.53 Å². The van der Waals surface area contributed by atoms with E-state index in [1.807, 2.05) is 20.8 Å². The van der Waals surface area contributed by atoms with Crippen LogP contribution in [0.3, 0.4) is 0 Å². The molecule has 1 aliphatic rings. The third-order valence-corrected chi connectivity index (χ3v) is 4.59. The van der Waals surface area contributed by atoms with Crippen molar-refractivity contribution in [2.24, 2.45) is 5.92 Å². The number of amides is 2. The molecule has 0 aromatic carbocycles. The number of hydrogen-bond donors (Lipinski definition) is 2. The zero-order valence-corrected chi connectivity index (χ0v) is 17.3. The molecule has 148 valence electrons. The van der Waals surface area contributed by atoms with Gasteiger partial charge in [0.1, 0.15) is 11.4 Å². The van der Waals surface area contributed by atoms with Crippen molar-refractivity contribution in [1.82, 2.24) is 15.2 Å². The number of piperidine rings is 1. The number of likely N-dealkylation sites (tertiary alicyclic amines) is 1. The van der Waals surface area contributed by atoms with Crippen LogP contribution in [0.2, 0.25) is 0 Å². The summed E-state index contributed by atoms with van der Waals surface area (Å²) in [6.07, 6.45) is 2.23. The summed E-state index contributed by atoms with van der Waals surface area (Å²) in [6.45, 7) is 6.29. The number of rotatable bonds is 4. The van der Waals surface area contributed by atoms with Gasteiger partial charge in [-0.2, -0.15) is 0 Å². The van der Waals surface area contributed by atoms with Gasteiger partial charge in [0.2, 0.25) is 0 Å². The number of nitrogens with zero attached hydrogens (tertiary/aromatic N) is 2. The van der Waals surface area contributed by atoms with Crippen molar-refractivity contribution < 1.29 is 19.1 Å². The van der Waals surface area contributed by atoms with Gasteiger partial charge in [0.05, 0.1) is 12.1 Å².